The summed E-state index contributed by atoms with van der Waals surface area (Å²) < 4.78 is 14.1. The Morgan fingerprint density at radius 3 is 2.79 bits per heavy atom. The molecule has 0 saturated carbocycles. The van der Waals surface area contributed by atoms with E-state index in [1.807, 2.05) is 0 Å². The first-order chi connectivity index (χ1) is 9.00. The number of benzene rings is 1. The minimum absolute atomic E-state index is 0.0303. The van der Waals surface area contributed by atoms with E-state index in [1.165, 1.54) is 6.07 Å². The fraction of sp³-hybridized carbons (Fsp3) is 0.500. The van der Waals surface area contributed by atoms with E-state index in [-0.39, 0.29) is 12.5 Å². The number of carbonyl (C=O) groups excluding carboxylic acids is 1. The van der Waals surface area contributed by atoms with Crippen LogP contribution >= 0.6 is 0 Å². The van der Waals surface area contributed by atoms with Crippen LogP contribution in [0.2, 0.25) is 0 Å². The van der Waals surface area contributed by atoms with Crippen LogP contribution in [0.25, 0.3) is 0 Å². The van der Waals surface area contributed by atoms with Gasteiger partial charge in [0.1, 0.15) is 5.82 Å². The number of hydrogen-bond acceptors (Lipinski definition) is 3. The SMILES string of the molecule is CC(O)c1cccc(F)c1N1CCCN(C)C(=O)C1. The van der Waals surface area contributed by atoms with Crippen molar-refractivity contribution in [2.75, 3.05) is 31.6 Å². The number of carbonyl (C=O) groups is 1. The van der Waals surface area contributed by atoms with E-state index in [4.69, 9.17) is 0 Å². The Morgan fingerprint density at radius 2 is 2.11 bits per heavy atom. The van der Waals surface area contributed by atoms with E-state index in [1.54, 1.807) is 35.9 Å². The van der Waals surface area contributed by atoms with E-state index in [0.717, 1.165) is 6.42 Å². The van der Waals surface area contributed by atoms with Crippen LogP contribution in [0.15, 0.2) is 18.2 Å². The second-order valence-corrected chi connectivity index (χ2v) is 4.94. The lowest BCUT2D eigenvalue weighted by atomic mass is 10.1. The van der Waals surface area contributed by atoms with Crippen molar-refractivity contribution in [3.05, 3.63) is 29.6 Å². The number of nitrogens with zero attached hydrogens (tertiary/aromatic N) is 2. The third-order valence-electron chi connectivity index (χ3n) is 3.46. The van der Waals surface area contributed by atoms with Gasteiger partial charge in [-0.15, -0.1) is 0 Å². The van der Waals surface area contributed by atoms with Crippen LogP contribution in [0.3, 0.4) is 0 Å². The number of anilines is 1. The van der Waals surface area contributed by atoms with Gasteiger partial charge >= 0.3 is 0 Å². The fourth-order valence-corrected chi connectivity index (χ4v) is 2.38. The molecule has 1 aliphatic rings. The highest BCUT2D eigenvalue weighted by Crippen LogP contribution is 2.30. The van der Waals surface area contributed by atoms with Gasteiger partial charge in [0, 0.05) is 25.7 Å². The number of rotatable bonds is 2. The molecule has 5 heteroatoms. The molecule has 1 aromatic carbocycles. The summed E-state index contributed by atoms with van der Waals surface area (Å²) in [6.45, 7) is 3.03. The van der Waals surface area contributed by atoms with E-state index < -0.39 is 11.9 Å². The molecule has 1 unspecified atom stereocenters. The first-order valence-electron chi connectivity index (χ1n) is 6.46. The predicted molar refractivity (Wildman–Crippen MR) is 71.5 cm³/mol. The summed E-state index contributed by atoms with van der Waals surface area (Å²) in [6.07, 6.45) is 0.0253. The highest BCUT2D eigenvalue weighted by Gasteiger charge is 2.24. The smallest absolute Gasteiger partial charge is 0.241 e. The molecule has 1 fully saturated rings. The third kappa shape index (κ3) is 2.87. The summed E-state index contributed by atoms with van der Waals surface area (Å²) in [5, 5.41) is 9.76. The molecule has 0 aliphatic carbocycles. The summed E-state index contributed by atoms with van der Waals surface area (Å²) in [6, 6.07) is 4.63. The van der Waals surface area contributed by atoms with Crippen LogP contribution in [0.4, 0.5) is 10.1 Å². The van der Waals surface area contributed by atoms with Crippen molar-refractivity contribution in [2.24, 2.45) is 0 Å². The van der Waals surface area contributed by atoms with Gasteiger partial charge in [0.25, 0.3) is 0 Å². The molecule has 4 nitrogen and oxygen atoms in total. The van der Waals surface area contributed by atoms with Crippen LogP contribution < -0.4 is 4.90 Å². The van der Waals surface area contributed by atoms with Gasteiger partial charge in [0.2, 0.25) is 5.91 Å². The molecule has 2 rings (SSSR count). The Balaban J connectivity index is 2.37. The maximum Gasteiger partial charge on any atom is 0.241 e. The zero-order chi connectivity index (χ0) is 14.0. The molecule has 1 saturated heterocycles. The summed E-state index contributed by atoms with van der Waals surface area (Å²) >= 11 is 0. The minimum atomic E-state index is -0.762. The molecule has 0 radical (unpaired) electrons. The molecule has 1 N–H and O–H groups in total. The Bertz CT molecular complexity index is 477. The zero-order valence-corrected chi connectivity index (χ0v) is 11.3. The number of para-hydroxylation sites is 1. The lowest BCUT2D eigenvalue weighted by Gasteiger charge is -2.26. The van der Waals surface area contributed by atoms with E-state index in [0.29, 0.717) is 24.3 Å². The third-order valence-corrected chi connectivity index (χ3v) is 3.46. The molecule has 104 valence electrons. The second kappa shape index (κ2) is 5.57. The van der Waals surface area contributed by atoms with Crippen LogP contribution in [0.5, 0.6) is 0 Å². The maximum atomic E-state index is 14.1. The molecular weight excluding hydrogens is 247 g/mol. The van der Waals surface area contributed by atoms with E-state index in [2.05, 4.69) is 0 Å². The number of aliphatic hydroxyl groups excluding tert-OH is 1. The fourth-order valence-electron chi connectivity index (χ4n) is 2.38. The molecule has 0 aromatic heterocycles. The lowest BCUT2D eigenvalue weighted by Crippen LogP contribution is -2.35. The first kappa shape index (κ1) is 13.8. The first-order valence-corrected chi connectivity index (χ1v) is 6.46. The van der Waals surface area contributed by atoms with Crippen LogP contribution in [-0.2, 0) is 4.79 Å². The standard InChI is InChI=1S/C14H19FN2O2/c1-10(18)11-5-3-6-12(15)14(11)17-8-4-7-16(2)13(19)9-17/h3,5-6,10,18H,4,7-9H2,1-2H3. The van der Waals surface area contributed by atoms with Gasteiger partial charge in [-0.2, -0.15) is 0 Å². The van der Waals surface area contributed by atoms with Gasteiger partial charge in [-0.05, 0) is 19.4 Å². The average Bonchev–Trinajstić information content (AvgIpc) is 2.51. The van der Waals surface area contributed by atoms with Crippen molar-refractivity contribution in [1.29, 1.82) is 0 Å². The van der Waals surface area contributed by atoms with Crippen LogP contribution in [0.1, 0.15) is 25.0 Å². The Morgan fingerprint density at radius 1 is 1.37 bits per heavy atom. The van der Waals surface area contributed by atoms with Gasteiger partial charge in [0.15, 0.2) is 0 Å². The monoisotopic (exact) mass is 266 g/mol. The van der Waals surface area contributed by atoms with Crippen LogP contribution in [0, 0.1) is 5.82 Å². The highest BCUT2D eigenvalue weighted by atomic mass is 19.1. The average molecular weight is 266 g/mol. The Hall–Kier alpha value is -1.62. The maximum absolute atomic E-state index is 14.1. The number of aliphatic hydroxyl groups is 1. The van der Waals surface area contributed by atoms with Crippen LogP contribution in [-0.4, -0.2) is 42.6 Å². The van der Waals surface area contributed by atoms with Crippen molar-refractivity contribution in [3.63, 3.8) is 0 Å². The molecule has 1 heterocycles. The van der Waals surface area contributed by atoms with Gasteiger partial charge in [-0.3, -0.25) is 4.79 Å². The van der Waals surface area contributed by atoms with Gasteiger partial charge in [-0.1, -0.05) is 12.1 Å². The van der Waals surface area contributed by atoms with Crippen molar-refractivity contribution in [1.82, 2.24) is 4.90 Å². The number of amides is 1. The van der Waals surface area contributed by atoms with E-state index >= 15 is 0 Å². The van der Waals surface area contributed by atoms with Crippen molar-refractivity contribution >= 4 is 11.6 Å². The summed E-state index contributed by atoms with van der Waals surface area (Å²) in [4.78, 5) is 15.3. The minimum Gasteiger partial charge on any atom is -0.389 e. The van der Waals surface area contributed by atoms with Crippen molar-refractivity contribution < 1.29 is 14.3 Å². The largest absolute Gasteiger partial charge is 0.389 e. The summed E-state index contributed by atoms with van der Waals surface area (Å²) in [5.41, 5.74) is 0.874. The lowest BCUT2D eigenvalue weighted by molar-refractivity contribution is -0.127. The van der Waals surface area contributed by atoms with E-state index in [9.17, 15) is 14.3 Å². The van der Waals surface area contributed by atoms with Gasteiger partial charge < -0.3 is 14.9 Å². The molecule has 1 amide bonds. The Labute approximate surface area is 112 Å². The normalized spacial score (nSPS) is 18.4. The molecular formula is C14H19FN2O2. The molecule has 0 spiro atoms. The van der Waals surface area contributed by atoms with Gasteiger partial charge in [0.05, 0.1) is 18.3 Å². The van der Waals surface area contributed by atoms with Gasteiger partial charge in [-0.25, -0.2) is 4.39 Å². The Kier molecular flexibility index (Phi) is 4.04. The highest BCUT2D eigenvalue weighted by molar-refractivity contribution is 5.82. The molecule has 1 aliphatic heterocycles. The summed E-state index contributed by atoms with van der Waals surface area (Å²) in [5.74, 6) is -0.423. The number of halogens is 1. The quantitative estimate of drug-likeness (QED) is 0.883. The predicted octanol–water partition coefficient (Wildman–Crippen LogP) is 1.55. The van der Waals surface area contributed by atoms with Crippen molar-refractivity contribution in [3.8, 4) is 0 Å². The molecule has 0 bridgehead atoms. The molecule has 19 heavy (non-hydrogen) atoms. The number of likely N-dealkylation sites (N-methyl/N-ethyl adjacent to an activating group) is 1. The summed E-state index contributed by atoms with van der Waals surface area (Å²) in [7, 11) is 1.75. The molecule has 1 atom stereocenters. The molecule has 1 aromatic rings. The number of hydrogen-bond donors (Lipinski definition) is 1. The van der Waals surface area contributed by atoms with Crippen molar-refractivity contribution in [2.45, 2.75) is 19.4 Å². The topological polar surface area (TPSA) is 43.8 Å². The second-order valence-electron chi connectivity index (χ2n) is 4.94. The zero-order valence-electron chi connectivity index (χ0n) is 11.3.